The smallest absolute Gasteiger partial charge is 0.227 e. The van der Waals surface area contributed by atoms with Crippen LogP contribution in [0.4, 0.5) is 0 Å². The molecular formula is C48H28N4O2. The van der Waals surface area contributed by atoms with Crippen molar-refractivity contribution in [1.82, 2.24) is 19.9 Å². The molecule has 0 aliphatic heterocycles. The molecule has 0 bridgehead atoms. The van der Waals surface area contributed by atoms with Crippen LogP contribution in [0.15, 0.2) is 179 Å². The highest BCUT2D eigenvalue weighted by Crippen LogP contribution is 2.43. The highest BCUT2D eigenvalue weighted by molar-refractivity contribution is 6.16. The van der Waals surface area contributed by atoms with Gasteiger partial charge in [-0.05, 0) is 75.1 Å². The number of furan rings is 1. The number of hydrogen-bond acceptors (Lipinski definition) is 6. The molecule has 8 aromatic carbocycles. The molecular weight excluding hydrogens is 665 g/mol. The van der Waals surface area contributed by atoms with E-state index >= 15 is 0 Å². The van der Waals surface area contributed by atoms with Gasteiger partial charge in [0.2, 0.25) is 5.89 Å². The Hall–Kier alpha value is -7.44. The third kappa shape index (κ3) is 4.96. The molecule has 3 heterocycles. The molecule has 0 radical (unpaired) electrons. The van der Waals surface area contributed by atoms with Crippen LogP contribution < -0.4 is 0 Å². The topological polar surface area (TPSA) is 77.8 Å². The first kappa shape index (κ1) is 30.2. The fourth-order valence-electron chi connectivity index (χ4n) is 7.50. The summed E-state index contributed by atoms with van der Waals surface area (Å²) in [7, 11) is 0. The number of benzene rings is 8. The largest absolute Gasteiger partial charge is 0.455 e. The van der Waals surface area contributed by atoms with E-state index in [-0.39, 0.29) is 0 Å². The molecule has 0 saturated carbocycles. The maximum Gasteiger partial charge on any atom is 0.227 e. The summed E-state index contributed by atoms with van der Waals surface area (Å²) in [5.74, 6) is 2.04. The molecule has 0 unspecified atom stereocenters. The molecule has 0 atom stereocenters. The molecule has 0 aliphatic rings. The monoisotopic (exact) mass is 692 g/mol. The Bertz CT molecular complexity index is 3220. The molecule has 0 aliphatic carbocycles. The van der Waals surface area contributed by atoms with Crippen LogP contribution in [0.3, 0.4) is 0 Å². The summed E-state index contributed by atoms with van der Waals surface area (Å²) < 4.78 is 13.2. The lowest BCUT2D eigenvalue weighted by atomic mass is 9.95. The average molecular weight is 693 g/mol. The summed E-state index contributed by atoms with van der Waals surface area (Å²) in [5.41, 5.74) is 8.01. The molecule has 0 fully saturated rings. The Kier molecular flexibility index (Phi) is 6.75. The van der Waals surface area contributed by atoms with Gasteiger partial charge in [-0.15, -0.1) is 0 Å². The molecule has 6 nitrogen and oxygen atoms in total. The summed E-state index contributed by atoms with van der Waals surface area (Å²) in [6.45, 7) is 0. The van der Waals surface area contributed by atoms with Crippen molar-refractivity contribution in [2.24, 2.45) is 0 Å². The van der Waals surface area contributed by atoms with Gasteiger partial charge in [0.15, 0.2) is 23.1 Å². The predicted octanol–water partition coefficient (Wildman–Crippen LogP) is 12.6. The van der Waals surface area contributed by atoms with Crippen LogP contribution in [-0.2, 0) is 0 Å². The van der Waals surface area contributed by atoms with Crippen molar-refractivity contribution >= 4 is 54.6 Å². The molecule has 11 aromatic rings. The van der Waals surface area contributed by atoms with E-state index in [9.17, 15) is 0 Å². The van der Waals surface area contributed by atoms with Gasteiger partial charge in [0.05, 0.1) is 5.56 Å². The molecule has 54 heavy (non-hydrogen) atoms. The second-order valence-electron chi connectivity index (χ2n) is 13.4. The van der Waals surface area contributed by atoms with E-state index in [0.29, 0.717) is 45.6 Å². The molecule has 0 saturated heterocycles. The van der Waals surface area contributed by atoms with E-state index in [1.165, 1.54) is 0 Å². The summed E-state index contributed by atoms with van der Waals surface area (Å²) in [6.07, 6.45) is 0. The van der Waals surface area contributed by atoms with E-state index in [1.54, 1.807) is 0 Å². The Morgan fingerprint density at radius 1 is 0.352 bits per heavy atom. The Labute approximate surface area is 309 Å². The molecule has 3 aromatic heterocycles. The maximum atomic E-state index is 6.68. The zero-order valence-electron chi connectivity index (χ0n) is 28.8. The average Bonchev–Trinajstić information content (AvgIpc) is 3.84. The van der Waals surface area contributed by atoms with Gasteiger partial charge >= 0.3 is 0 Å². The van der Waals surface area contributed by atoms with Crippen LogP contribution in [0.1, 0.15) is 0 Å². The molecule has 6 heteroatoms. The Morgan fingerprint density at radius 3 is 1.74 bits per heavy atom. The SMILES string of the molecule is c1ccc(-c2nc3c(-c4nc(-c5ccc6ccccc6c5)nc(-c5cc6ccccc6cc5-c5ccccc5)n4)c4oc5ccccc5c4cc3o2)cc1. The molecule has 252 valence electrons. The maximum absolute atomic E-state index is 6.68. The van der Waals surface area contributed by atoms with Gasteiger partial charge in [-0.3, -0.25) is 0 Å². The second-order valence-corrected chi connectivity index (χ2v) is 13.4. The third-order valence-electron chi connectivity index (χ3n) is 10.1. The summed E-state index contributed by atoms with van der Waals surface area (Å²) in [4.78, 5) is 21.0. The number of nitrogens with zero attached hydrogens (tertiary/aromatic N) is 4. The van der Waals surface area contributed by atoms with Crippen LogP contribution in [0.2, 0.25) is 0 Å². The Balaban J connectivity index is 1.25. The highest BCUT2D eigenvalue weighted by Gasteiger charge is 2.25. The summed E-state index contributed by atoms with van der Waals surface area (Å²) in [5, 5.41) is 6.33. The van der Waals surface area contributed by atoms with Crippen molar-refractivity contribution in [1.29, 1.82) is 0 Å². The van der Waals surface area contributed by atoms with Crippen molar-refractivity contribution in [2.75, 3.05) is 0 Å². The fourth-order valence-corrected chi connectivity index (χ4v) is 7.50. The number of hydrogen-bond donors (Lipinski definition) is 0. The molecule has 11 rings (SSSR count). The van der Waals surface area contributed by atoms with E-state index in [0.717, 1.165) is 65.7 Å². The minimum Gasteiger partial charge on any atom is -0.455 e. The zero-order valence-corrected chi connectivity index (χ0v) is 28.8. The van der Waals surface area contributed by atoms with Gasteiger partial charge in [0.25, 0.3) is 0 Å². The minimum absolute atomic E-state index is 0.442. The number of fused-ring (bicyclic) bond motifs is 6. The number of rotatable bonds is 5. The Morgan fingerprint density at radius 2 is 0.963 bits per heavy atom. The van der Waals surface area contributed by atoms with E-state index in [4.69, 9.17) is 28.8 Å². The zero-order chi connectivity index (χ0) is 35.6. The van der Waals surface area contributed by atoms with Crippen LogP contribution in [0.5, 0.6) is 0 Å². The molecule has 0 amide bonds. The summed E-state index contributed by atoms with van der Waals surface area (Å²) >= 11 is 0. The number of oxazole rings is 1. The lowest BCUT2D eigenvalue weighted by molar-refractivity contribution is 0.620. The highest BCUT2D eigenvalue weighted by atomic mass is 16.4. The van der Waals surface area contributed by atoms with Gasteiger partial charge in [0, 0.05) is 27.5 Å². The number of aromatic nitrogens is 4. The van der Waals surface area contributed by atoms with Crippen LogP contribution >= 0.6 is 0 Å². The second kappa shape index (κ2) is 12.1. The van der Waals surface area contributed by atoms with Gasteiger partial charge < -0.3 is 8.83 Å². The molecule has 0 N–H and O–H groups in total. The van der Waals surface area contributed by atoms with Crippen LogP contribution in [-0.4, -0.2) is 19.9 Å². The van der Waals surface area contributed by atoms with Crippen molar-refractivity contribution < 1.29 is 8.83 Å². The van der Waals surface area contributed by atoms with Gasteiger partial charge in [-0.1, -0.05) is 127 Å². The van der Waals surface area contributed by atoms with E-state index < -0.39 is 0 Å². The third-order valence-corrected chi connectivity index (χ3v) is 10.1. The predicted molar refractivity (Wildman–Crippen MR) is 217 cm³/mol. The van der Waals surface area contributed by atoms with Crippen molar-refractivity contribution in [2.45, 2.75) is 0 Å². The lowest BCUT2D eigenvalue weighted by Crippen LogP contribution is -2.02. The lowest BCUT2D eigenvalue weighted by Gasteiger charge is -2.14. The molecule has 0 spiro atoms. The van der Waals surface area contributed by atoms with Crippen molar-refractivity contribution in [3.8, 4) is 56.7 Å². The standard InChI is InChI=1S/C48H28N4O2/c1-3-14-30(15-4-1)37-26-33-19-9-10-20-34(33)27-39(37)46-50-45(35-24-23-29-13-7-8-18-32(29)25-35)51-47(52-46)42-43-41(54-48(49-43)31-16-5-2-6-17-31)28-38-36-21-11-12-22-40(36)53-44(38)42/h1-28H. The summed E-state index contributed by atoms with van der Waals surface area (Å²) in [6, 6.07) is 57.8. The fraction of sp³-hybridized carbons (Fsp3) is 0. The normalized spacial score (nSPS) is 11.7. The van der Waals surface area contributed by atoms with Gasteiger partial charge in [-0.25, -0.2) is 19.9 Å². The van der Waals surface area contributed by atoms with E-state index in [2.05, 4.69) is 97.1 Å². The first-order valence-corrected chi connectivity index (χ1v) is 17.9. The van der Waals surface area contributed by atoms with E-state index in [1.807, 2.05) is 72.8 Å². The first-order chi connectivity index (χ1) is 26.7. The minimum atomic E-state index is 0.442. The van der Waals surface area contributed by atoms with Crippen LogP contribution in [0.25, 0.3) is 111 Å². The van der Waals surface area contributed by atoms with Crippen molar-refractivity contribution in [3.63, 3.8) is 0 Å². The first-order valence-electron chi connectivity index (χ1n) is 17.9. The van der Waals surface area contributed by atoms with Crippen LogP contribution in [0, 0.1) is 0 Å². The van der Waals surface area contributed by atoms with Crippen molar-refractivity contribution in [3.05, 3.63) is 170 Å². The number of para-hydroxylation sites is 1. The van der Waals surface area contributed by atoms with Gasteiger partial charge in [-0.2, -0.15) is 0 Å². The van der Waals surface area contributed by atoms with Gasteiger partial charge in [0.1, 0.15) is 16.7 Å². The quantitative estimate of drug-likeness (QED) is 0.179.